The average molecular weight is 295 g/mol. The predicted molar refractivity (Wildman–Crippen MR) is 77.6 cm³/mol. The van der Waals surface area contributed by atoms with E-state index in [2.05, 4.69) is 6.58 Å². The smallest absolute Gasteiger partial charge is 0.256 e. The third-order valence-corrected chi connectivity index (χ3v) is 3.58. The maximum atomic E-state index is 12.7. The highest BCUT2D eigenvalue weighted by Crippen LogP contribution is 2.17. The van der Waals surface area contributed by atoms with E-state index in [1.165, 1.54) is 4.57 Å². The molecule has 0 aromatic heterocycles. The van der Waals surface area contributed by atoms with Crippen LogP contribution < -0.4 is 16.1 Å². The standard InChI is InChI=1S/C15H19F2N3O/c1-4-5-14(21)10-6-13-12(7-11(10)18)19(3)9(2)20(13)8-15(16)17/h6-7,15,18,21H,2,4-5,8H2,1,3H3. The van der Waals surface area contributed by atoms with Crippen LogP contribution in [0.4, 0.5) is 8.78 Å². The Balaban J connectivity index is 2.82. The fraction of sp³-hybridized carbons (Fsp3) is 0.400. The van der Waals surface area contributed by atoms with Gasteiger partial charge in [0.2, 0.25) is 0 Å². The van der Waals surface area contributed by atoms with Crippen LogP contribution in [0.15, 0.2) is 12.1 Å². The molecule has 1 aliphatic heterocycles. The molecule has 0 aromatic rings. The molecule has 0 bridgehead atoms. The first kappa shape index (κ1) is 15.3. The van der Waals surface area contributed by atoms with Gasteiger partial charge in [0.25, 0.3) is 6.43 Å². The minimum absolute atomic E-state index is 0.113. The topological polar surface area (TPSA) is 53.9 Å². The van der Waals surface area contributed by atoms with Crippen LogP contribution in [-0.4, -0.2) is 20.7 Å². The van der Waals surface area contributed by atoms with Gasteiger partial charge in [-0.3, -0.25) is 0 Å². The third kappa shape index (κ3) is 2.70. The fourth-order valence-electron chi connectivity index (χ4n) is 2.47. The zero-order valence-corrected chi connectivity index (χ0v) is 12.2. The summed E-state index contributed by atoms with van der Waals surface area (Å²) < 4.78 is 28.6. The van der Waals surface area contributed by atoms with Gasteiger partial charge in [-0.25, -0.2) is 8.78 Å². The number of alkyl halides is 2. The van der Waals surface area contributed by atoms with Crippen molar-refractivity contribution in [3.63, 3.8) is 0 Å². The summed E-state index contributed by atoms with van der Waals surface area (Å²) in [4.78, 5) is 0. The Kier molecular flexibility index (Phi) is 4.16. The molecule has 0 saturated carbocycles. The number of fused-ring (bicyclic) bond motifs is 1. The maximum Gasteiger partial charge on any atom is 0.256 e. The largest absolute Gasteiger partial charge is 0.512 e. The molecule has 0 spiro atoms. The Morgan fingerprint density at radius 1 is 1.38 bits per heavy atom. The molecule has 2 N–H and O–H groups in total. The number of nitrogens with zero attached hydrogens (tertiary/aromatic N) is 2. The first-order chi connectivity index (χ1) is 9.86. The lowest BCUT2D eigenvalue weighted by atomic mass is 10.1. The van der Waals surface area contributed by atoms with Crippen molar-refractivity contribution in [2.45, 2.75) is 32.7 Å². The number of rotatable bonds is 4. The first-order valence-electron chi connectivity index (χ1n) is 6.80. The SMILES string of the molecule is C=c1n(C)c2cc(=N)c(=C(O)CCC)cc-2n1CC(F)F. The lowest BCUT2D eigenvalue weighted by Gasteiger charge is -2.07. The van der Waals surface area contributed by atoms with Crippen molar-refractivity contribution in [2.75, 3.05) is 0 Å². The monoisotopic (exact) mass is 295 g/mol. The molecule has 1 aliphatic carbocycles. The second-order valence-electron chi connectivity index (χ2n) is 5.06. The molecule has 2 rings (SSSR count). The predicted octanol–water partition coefficient (Wildman–Crippen LogP) is 1.55. The quantitative estimate of drug-likeness (QED) is 0.883. The number of aliphatic hydroxyl groups excluding tert-OH is 1. The minimum Gasteiger partial charge on any atom is -0.512 e. The van der Waals surface area contributed by atoms with E-state index in [0.29, 0.717) is 28.5 Å². The summed E-state index contributed by atoms with van der Waals surface area (Å²) in [6.07, 6.45) is -1.29. The minimum atomic E-state index is -2.49. The zero-order chi connectivity index (χ0) is 15.7. The van der Waals surface area contributed by atoms with Gasteiger partial charge < -0.3 is 19.7 Å². The van der Waals surface area contributed by atoms with Crippen LogP contribution in [0.1, 0.15) is 19.8 Å². The van der Waals surface area contributed by atoms with E-state index >= 15 is 0 Å². The van der Waals surface area contributed by atoms with Gasteiger partial charge in [-0.2, -0.15) is 0 Å². The maximum absolute atomic E-state index is 12.7. The Bertz CT molecular complexity index is 789. The van der Waals surface area contributed by atoms with Crippen molar-refractivity contribution in [2.24, 2.45) is 7.05 Å². The molecule has 4 nitrogen and oxygen atoms in total. The molecule has 21 heavy (non-hydrogen) atoms. The van der Waals surface area contributed by atoms with Gasteiger partial charge >= 0.3 is 0 Å². The number of hydrogen-bond donors (Lipinski definition) is 2. The molecule has 0 aromatic carbocycles. The Morgan fingerprint density at radius 3 is 2.62 bits per heavy atom. The van der Waals surface area contributed by atoms with Crippen LogP contribution in [0.2, 0.25) is 0 Å². The van der Waals surface area contributed by atoms with Crippen LogP contribution in [0.25, 0.3) is 23.7 Å². The van der Waals surface area contributed by atoms with Crippen molar-refractivity contribution in [1.29, 1.82) is 5.41 Å². The number of nitrogens with one attached hydrogen (secondary N) is 1. The van der Waals surface area contributed by atoms with Crippen LogP contribution >= 0.6 is 0 Å². The Labute approximate surface area is 121 Å². The second kappa shape index (κ2) is 5.71. The summed E-state index contributed by atoms with van der Waals surface area (Å²) in [7, 11) is 1.72. The van der Waals surface area contributed by atoms with Crippen molar-refractivity contribution >= 4 is 12.3 Å². The van der Waals surface area contributed by atoms with Gasteiger partial charge in [-0.1, -0.05) is 13.5 Å². The molecule has 114 valence electrons. The summed E-state index contributed by atoms with van der Waals surface area (Å²) >= 11 is 0. The molecular weight excluding hydrogens is 276 g/mol. The average Bonchev–Trinajstić information content (AvgIpc) is 2.63. The molecule has 0 saturated heterocycles. The van der Waals surface area contributed by atoms with Crippen molar-refractivity contribution in [3.8, 4) is 11.4 Å². The number of hydrogen-bond acceptors (Lipinski definition) is 2. The van der Waals surface area contributed by atoms with Crippen LogP contribution in [0.3, 0.4) is 0 Å². The summed E-state index contributed by atoms with van der Waals surface area (Å²) in [5, 5.41) is 18.6. The summed E-state index contributed by atoms with van der Waals surface area (Å²) in [6, 6.07) is 3.17. The van der Waals surface area contributed by atoms with E-state index in [9.17, 15) is 13.9 Å². The van der Waals surface area contributed by atoms with E-state index < -0.39 is 13.0 Å². The number of aliphatic hydroxyl groups is 1. The van der Waals surface area contributed by atoms with Crippen LogP contribution in [-0.2, 0) is 13.6 Å². The van der Waals surface area contributed by atoms with Crippen LogP contribution in [0.5, 0.6) is 0 Å². The first-order valence-corrected chi connectivity index (χ1v) is 6.80. The van der Waals surface area contributed by atoms with E-state index in [0.717, 1.165) is 6.42 Å². The van der Waals surface area contributed by atoms with Crippen molar-refractivity contribution < 1.29 is 13.9 Å². The van der Waals surface area contributed by atoms with E-state index in [1.54, 1.807) is 23.7 Å². The Hall–Kier alpha value is -2.11. The molecular formula is C15H19F2N3O. The number of halogens is 2. The van der Waals surface area contributed by atoms with E-state index in [1.807, 2.05) is 6.92 Å². The van der Waals surface area contributed by atoms with Gasteiger partial charge in [-0.05, 0) is 18.6 Å². The summed E-state index contributed by atoms with van der Waals surface area (Å²) in [5.41, 5.74) is 1.65. The van der Waals surface area contributed by atoms with Gasteiger partial charge in [-0.15, -0.1) is 0 Å². The zero-order valence-electron chi connectivity index (χ0n) is 12.2. The van der Waals surface area contributed by atoms with E-state index in [-0.39, 0.29) is 11.1 Å². The summed E-state index contributed by atoms with van der Waals surface area (Å²) in [6.45, 7) is 5.28. The number of benzene rings is 1. The third-order valence-electron chi connectivity index (χ3n) is 3.58. The molecule has 0 unspecified atom stereocenters. The fourth-order valence-corrected chi connectivity index (χ4v) is 2.47. The molecule has 0 atom stereocenters. The van der Waals surface area contributed by atoms with Gasteiger partial charge in [0, 0.05) is 18.7 Å². The van der Waals surface area contributed by atoms with Gasteiger partial charge in [0.1, 0.15) is 11.2 Å². The summed E-state index contributed by atoms with van der Waals surface area (Å²) in [5.74, 6) is 0.113. The van der Waals surface area contributed by atoms with Crippen LogP contribution in [0, 0.1) is 5.41 Å². The number of imidazole rings is 1. The molecule has 6 heteroatoms. The molecule has 2 aliphatic rings. The molecule has 0 amide bonds. The second-order valence-corrected chi connectivity index (χ2v) is 5.06. The molecule has 1 heterocycles. The number of aromatic nitrogens is 2. The highest BCUT2D eigenvalue weighted by Gasteiger charge is 2.17. The van der Waals surface area contributed by atoms with Gasteiger partial charge in [0.05, 0.1) is 23.3 Å². The normalized spacial score (nSPS) is 13.2. The highest BCUT2D eigenvalue weighted by molar-refractivity contribution is 5.59. The highest BCUT2D eigenvalue weighted by atomic mass is 19.3. The van der Waals surface area contributed by atoms with E-state index in [4.69, 9.17) is 5.41 Å². The Morgan fingerprint density at radius 2 is 2.05 bits per heavy atom. The lowest BCUT2D eigenvalue weighted by molar-refractivity contribution is 0.126. The molecule has 0 fully saturated rings. The molecule has 0 radical (unpaired) electrons. The van der Waals surface area contributed by atoms with Gasteiger partial charge in [0.15, 0.2) is 0 Å². The lowest BCUT2D eigenvalue weighted by Crippen LogP contribution is -2.28. The van der Waals surface area contributed by atoms with Crippen molar-refractivity contribution in [3.05, 3.63) is 28.2 Å². The van der Waals surface area contributed by atoms with Crippen molar-refractivity contribution in [1.82, 2.24) is 9.13 Å².